The van der Waals surface area contributed by atoms with E-state index in [1.165, 1.54) is 25.7 Å². The van der Waals surface area contributed by atoms with E-state index in [0.717, 1.165) is 11.3 Å². The van der Waals surface area contributed by atoms with Gasteiger partial charge in [-0.05, 0) is 30.4 Å². The highest BCUT2D eigenvalue weighted by Gasteiger charge is 2.45. The zero-order valence-corrected chi connectivity index (χ0v) is 15.2. The smallest absolute Gasteiger partial charge is 0.349 e. The number of hydrogen-bond acceptors (Lipinski definition) is 4. The van der Waals surface area contributed by atoms with Crippen LogP contribution in [0.3, 0.4) is 0 Å². The summed E-state index contributed by atoms with van der Waals surface area (Å²) in [5.74, 6) is 1.72. The number of nitrogens with one attached hydrogen (secondary N) is 1. The average molecular weight is 328 g/mol. The number of rotatable bonds is 6. The molecule has 5 heteroatoms. The van der Waals surface area contributed by atoms with Crippen molar-refractivity contribution in [2.24, 2.45) is 11.8 Å². The van der Waals surface area contributed by atoms with Crippen LogP contribution in [0.1, 0.15) is 53.4 Å². The molecule has 0 fully saturated rings. The summed E-state index contributed by atoms with van der Waals surface area (Å²) in [7, 11) is 0. The van der Waals surface area contributed by atoms with Crippen molar-refractivity contribution < 1.29 is 0 Å². The highest BCUT2D eigenvalue weighted by molar-refractivity contribution is 5.86. The third kappa shape index (κ3) is 2.70. The standard InChI is InChI=1S/C19H28N4O/c1-5-6-7-9-14(4)19(13(2)3)12-23-17(22-19)16-15(21-18(23)24)10-8-11-20-16/h8,10-11,13-14,22H,5-7,9,12H2,1-4H3. The third-order valence-corrected chi connectivity index (χ3v) is 5.65. The van der Waals surface area contributed by atoms with Crippen LogP contribution < -0.4 is 11.0 Å². The fourth-order valence-electron chi connectivity index (χ4n) is 3.98. The van der Waals surface area contributed by atoms with Gasteiger partial charge in [0, 0.05) is 6.20 Å². The number of fused-ring (bicyclic) bond motifs is 3. The molecule has 130 valence electrons. The van der Waals surface area contributed by atoms with Crippen LogP contribution in [0, 0.1) is 11.8 Å². The van der Waals surface area contributed by atoms with Crippen molar-refractivity contribution in [3.8, 4) is 0 Å². The molecule has 0 bridgehead atoms. The Kier molecular flexibility index (Phi) is 4.61. The molecule has 3 heterocycles. The summed E-state index contributed by atoms with van der Waals surface area (Å²) in [6.45, 7) is 9.69. The van der Waals surface area contributed by atoms with Crippen LogP contribution in [-0.2, 0) is 6.54 Å². The predicted molar refractivity (Wildman–Crippen MR) is 98.3 cm³/mol. The highest BCUT2D eigenvalue weighted by Crippen LogP contribution is 2.40. The molecule has 2 aromatic rings. The fourth-order valence-corrected chi connectivity index (χ4v) is 3.98. The molecule has 2 unspecified atom stereocenters. The fraction of sp³-hybridized carbons (Fsp3) is 0.632. The van der Waals surface area contributed by atoms with Crippen molar-refractivity contribution in [2.45, 2.75) is 65.5 Å². The molecule has 0 saturated carbocycles. The zero-order chi connectivity index (χ0) is 17.3. The molecular formula is C19H28N4O. The minimum absolute atomic E-state index is 0.118. The molecule has 5 nitrogen and oxygen atoms in total. The van der Waals surface area contributed by atoms with Crippen LogP contribution in [0.15, 0.2) is 23.1 Å². The molecule has 0 aromatic carbocycles. The number of hydrogen-bond donors (Lipinski definition) is 1. The first-order chi connectivity index (χ1) is 11.5. The van der Waals surface area contributed by atoms with Gasteiger partial charge in [-0.15, -0.1) is 0 Å². The summed E-state index contributed by atoms with van der Waals surface area (Å²) in [6, 6.07) is 3.68. The van der Waals surface area contributed by atoms with Crippen molar-refractivity contribution in [3.63, 3.8) is 0 Å². The maximum atomic E-state index is 12.5. The van der Waals surface area contributed by atoms with Crippen molar-refractivity contribution in [2.75, 3.05) is 5.32 Å². The van der Waals surface area contributed by atoms with Crippen molar-refractivity contribution in [1.82, 2.24) is 14.5 Å². The quantitative estimate of drug-likeness (QED) is 0.819. The maximum Gasteiger partial charge on any atom is 0.349 e. The van der Waals surface area contributed by atoms with Crippen LogP contribution >= 0.6 is 0 Å². The zero-order valence-electron chi connectivity index (χ0n) is 15.2. The Hall–Kier alpha value is -1.91. The normalized spacial score (nSPS) is 21.0. The third-order valence-electron chi connectivity index (χ3n) is 5.65. The van der Waals surface area contributed by atoms with Gasteiger partial charge in [-0.2, -0.15) is 4.98 Å². The summed E-state index contributed by atoms with van der Waals surface area (Å²) in [5.41, 5.74) is 1.16. The van der Waals surface area contributed by atoms with Gasteiger partial charge in [0.1, 0.15) is 11.3 Å². The second-order valence-corrected chi connectivity index (χ2v) is 7.42. The molecule has 2 aromatic heterocycles. The molecule has 24 heavy (non-hydrogen) atoms. The molecule has 0 saturated heterocycles. The van der Waals surface area contributed by atoms with E-state index in [-0.39, 0.29) is 11.2 Å². The van der Waals surface area contributed by atoms with Crippen molar-refractivity contribution >= 4 is 16.9 Å². The van der Waals surface area contributed by atoms with E-state index in [4.69, 9.17) is 0 Å². The van der Waals surface area contributed by atoms with Crippen LogP contribution in [-0.4, -0.2) is 20.1 Å². The van der Waals surface area contributed by atoms with Crippen molar-refractivity contribution in [3.05, 3.63) is 28.8 Å². The van der Waals surface area contributed by atoms with Gasteiger partial charge in [0.05, 0.1) is 17.6 Å². The molecule has 0 amide bonds. The molecule has 1 N–H and O–H groups in total. The molecular weight excluding hydrogens is 300 g/mol. The lowest BCUT2D eigenvalue weighted by atomic mass is 9.74. The number of anilines is 1. The molecule has 3 rings (SSSR count). The molecule has 2 atom stereocenters. The molecule has 0 aliphatic carbocycles. The summed E-state index contributed by atoms with van der Waals surface area (Å²) >= 11 is 0. The lowest BCUT2D eigenvalue weighted by Crippen LogP contribution is -2.48. The van der Waals surface area contributed by atoms with Gasteiger partial charge in [-0.25, -0.2) is 4.79 Å². The van der Waals surface area contributed by atoms with Gasteiger partial charge >= 0.3 is 5.69 Å². The van der Waals surface area contributed by atoms with Gasteiger partial charge in [0.2, 0.25) is 0 Å². The van der Waals surface area contributed by atoms with Crippen LogP contribution in [0.25, 0.3) is 11.0 Å². The lowest BCUT2D eigenvalue weighted by Gasteiger charge is -2.39. The lowest BCUT2D eigenvalue weighted by molar-refractivity contribution is 0.211. The van der Waals surface area contributed by atoms with Crippen molar-refractivity contribution in [1.29, 1.82) is 0 Å². The Morgan fingerprint density at radius 1 is 1.33 bits per heavy atom. The first kappa shape index (κ1) is 16.9. The van der Waals surface area contributed by atoms with E-state index in [2.05, 4.69) is 43.0 Å². The number of pyridine rings is 1. The van der Waals surface area contributed by atoms with Crippen LogP contribution in [0.2, 0.25) is 0 Å². The monoisotopic (exact) mass is 328 g/mol. The Bertz CT molecular complexity index is 783. The predicted octanol–water partition coefficient (Wildman–Crippen LogP) is 3.83. The largest absolute Gasteiger partial charge is 0.362 e. The first-order valence-electron chi connectivity index (χ1n) is 9.13. The van der Waals surface area contributed by atoms with E-state index in [9.17, 15) is 4.79 Å². The summed E-state index contributed by atoms with van der Waals surface area (Å²) in [6.07, 6.45) is 6.65. The minimum atomic E-state index is -0.179. The van der Waals surface area contributed by atoms with E-state index in [0.29, 0.717) is 23.9 Å². The summed E-state index contributed by atoms with van der Waals surface area (Å²) in [4.78, 5) is 21.2. The SMILES string of the molecule is CCCCCC(C)C1(C(C)C)Cn2c(c3ncccc3nc2=O)N1. The summed E-state index contributed by atoms with van der Waals surface area (Å²) in [5, 5.41) is 3.72. The van der Waals surface area contributed by atoms with Gasteiger partial charge in [-0.1, -0.05) is 47.0 Å². The topological polar surface area (TPSA) is 59.8 Å². The van der Waals surface area contributed by atoms with E-state index in [1.807, 2.05) is 12.1 Å². The molecule has 1 aliphatic rings. The second kappa shape index (κ2) is 6.54. The summed E-state index contributed by atoms with van der Waals surface area (Å²) < 4.78 is 1.78. The Balaban J connectivity index is 2.01. The van der Waals surface area contributed by atoms with Gasteiger partial charge in [0.15, 0.2) is 0 Å². The van der Waals surface area contributed by atoms with E-state index < -0.39 is 0 Å². The number of unbranched alkanes of at least 4 members (excludes halogenated alkanes) is 2. The maximum absolute atomic E-state index is 12.5. The van der Waals surface area contributed by atoms with Gasteiger partial charge in [0.25, 0.3) is 0 Å². The number of nitrogens with zero attached hydrogens (tertiary/aromatic N) is 3. The van der Waals surface area contributed by atoms with Crippen LogP contribution in [0.4, 0.5) is 5.82 Å². The molecule has 0 spiro atoms. The number of aromatic nitrogens is 3. The Morgan fingerprint density at radius 3 is 2.83 bits per heavy atom. The minimum Gasteiger partial charge on any atom is -0.362 e. The average Bonchev–Trinajstić information content (AvgIpc) is 2.98. The Labute approximate surface area is 143 Å². The van der Waals surface area contributed by atoms with Gasteiger partial charge < -0.3 is 5.32 Å². The Morgan fingerprint density at radius 2 is 2.12 bits per heavy atom. The van der Waals surface area contributed by atoms with Gasteiger partial charge in [-0.3, -0.25) is 9.55 Å². The highest BCUT2D eigenvalue weighted by atomic mass is 16.1. The first-order valence-corrected chi connectivity index (χ1v) is 9.13. The molecule has 0 radical (unpaired) electrons. The molecule has 1 aliphatic heterocycles. The van der Waals surface area contributed by atoms with E-state index in [1.54, 1.807) is 10.8 Å². The second-order valence-electron chi connectivity index (χ2n) is 7.42. The van der Waals surface area contributed by atoms with E-state index >= 15 is 0 Å². The van der Waals surface area contributed by atoms with Crippen LogP contribution in [0.5, 0.6) is 0 Å².